The number of furan rings is 1. The summed E-state index contributed by atoms with van der Waals surface area (Å²) in [6, 6.07) is 12.2. The highest BCUT2D eigenvalue weighted by atomic mass is 16.3. The number of rotatable bonds is 6. The number of nitrogens with one attached hydrogen (secondary N) is 2. The number of fused-ring (bicyclic) bond motifs is 1. The Kier molecular flexibility index (Phi) is 5.07. The lowest BCUT2D eigenvalue weighted by atomic mass is 10.1. The molecule has 6 heteroatoms. The Morgan fingerprint density at radius 3 is 2.89 bits per heavy atom. The number of benzene rings is 1. The summed E-state index contributed by atoms with van der Waals surface area (Å²) in [6.45, 7) is 4.71. The van der Waals surface area contributed by atoms with Gasteiger partial charge in [-0.2, -0.15) is 5.10 Å². The van der Waals surface area contributed by atoms with E-state index in [4.69, 9.17) is 4.42 Å². The van der Waals surface area contributed by atoms with Crippen molar-refractivity contribution in [3.05, 3.63) is 76.5 Å². The van der Waals surface area contributed by atoms with Gasteiger partial charge in [0.2, 0.25) is 0 Å². The van der Waals surface area contributed by atoms with Gasteiger partial charge in [-0.25, -0.2) is 0 Å². The summed E-state index contributed by atoms with van der Waals surface area (Å²) >= 11 is 0. The first-order chi connectivity index (χ1) is 13.2. The van der Waals surface area contributed by atoms with Gasteiger partial charge in [0.1, 0.15) is 5.76 Å². The van der Waals surface area contributed by atoms with Gasteiger partial charge in [0, 0.05) is 37.3 Å². The molecule has 2 N–H and O–H groups in total. The lowest BCUT2D eigenvalue weighted by Gasteiger charge is -2.22. The molecule has 0 atom stereocenters. The van der Waals surface area contributed by atoms with Crippen molar-refractivity contribution in [2.45, 2.75) is 32.9 Å². The Morgan fingerprint density at radius 2 is 2.11 bits per heavy atom. The first-order valence-electron chi connectivity index (χ1n) is 9.35. The highest BCUT2D eigenvalue weighted by Gasteiger charge is 2.26. The summed E-state index contributed by atoms with van der Waals surface area (Å²) in [6.07, 6.45) is 3.30. The van der Waals surface area contributed by atoms with E-state index in [1.807, 2.05) is 17.0 Å². The van der Waals surface area contributed by atoms with E-state index < -0.39 is 0 Å². The van der Waals surface area contributed by atoms with Crippen molar-refractivity contribution in [1.29, 1.82) is 0 Å². The summed E-state index contributed by atoms with van der Waals surface area (Å²) in [5.74, 6) is 0.717. The van der Waals surface area contributed by atoms with Gasteiger partial charge in [-0.05, 0) is 31.0 Å². The van der Waals surface area contributed by atoms with Crippen molar-refractivity contribution in [2.75, 3.05) is 13.1 Å². The first-order valence-corrected chi connectivity index (χ1v) is 9.35. The molecular formula is C21H24N4O2. The number of nitrogens with zero attached hydrogens (tertiary/aromatic N) is 2. The van der Waals surface area contributed by atoms with Gasteiger partial charge in [-0.15, -0.1) is 0 Å². The van der Waals surface area contributed by atoms with Gasteiger partial charge in [0.05, 0.1) is 12.8 Å². The minimum absolute atomic E-state index is 0.0558. The van der Waals surface area contributed by atoms with E-state index >= 15 is 0 Å². The molecule has 0 bridgehead atoms. The standard InChI is InChI=1S/C21H24N4O2/c1-15-4-6-16(7-5-15)9-11-25(14-17-3-2-12-27-17)21(26)20-18-13-22-10-8-19(18)23-24-20/h2-7,12,22H,8-11,13-14H2,1H3,(H,23,24). The van der Waals surface area contributed by atoms with E-state index in [0.717, 1.165) is 36.4 Å². The van der Waals surface area contributed by atoms with Crippen LogP contribution in [0.1, 0.15) is 38.6 Å². The molecule has 1 aromatic carbocycles. The average Bonchev–Trinajstić information content (AvgIpc) is 3.35. The molecule has 0 aliphatic carbocycles. The molecule has 0 saturated carbocycles. The second kappa shape index (κ2) is 7.80. The second-order valence-corrected chi connectivity index (χ2v) is 7.00. The highest BCUT2D eigenvalue weighted by Crippen LogP contribution is 2.19. The van der Waals surface area contributed by atoms with Crippen molar-refractivity contribution in [3.8, 4) is 0 Å². The van der Waals surface area contributed by atoms with Crippen molar-refractivity contribution in [3.63, 3.8) is 0 Å². The maximum atomic E-state index is 13.3. The number of hydrogen-bond donors (Lipinski definition) is 2. The molecule has 27 heavy (non-hydrogen) atoms. The molecule has 2 aromatic heterocycles. The number of H-pyrrole nitrogens is 1. The SMILES string of the molecule is Cc1ccc(CCN(Cc2ccco2)C(=O)c2n[nH]c3c2CNCC3)cc1. The fourth-order valence-corrected chi connectivity index (χ4v) is 3.41. The van der Waals surface area contributed by atoms with E-state index in [-0.39, 0.29) is 5.91 Å². The zero-order valence-electron chi connectivity index (χ0n) is 15.5. The van der Waals surface area contributed by atoms with Crippen molar-refractivity contribution in [2.24, 2.45) is 0 Å². The molecule has 140 valence electrons. The van der Waals surface area contributed by atoms with Crippen LogP contribution >= 0.6 is 0 Å². The van der Waals surface area contributed by atoms with Gasteiger partial charge in [-0.3, -0.25) is 9.89 Å². The van der Waals surface area contributed by atoms with E-state index in [2.05, 4.69) is 46.7 Å². The Balaban J connectivity index is 1.54. The fraction of sp³-hybridized carbons (Fsp3) is 0.333. The Labute approximate surface area is 158 Å². The van der Waals surface area contributed by atoms with Crippen LogP contribution in [0.15, 0.2) is 47.1 Å². The predicted octanol–water partition coefficient (Wildman–Crippen LogP) is 2.84. The number of carbonyl (C=O) groups excluding carboxylic acids is 1. The van der Waals surface area contributed by atoms with Gasteiger partial charge in [0.25, 0.3) is 5.91 Å². The second-order valence-electron chi connectivity index (χ2n) is 7.00. The van der Waals surface area contributed by atoms with Crippen LogP contribution in [0.5, 0.6) is 0 Å². The first kappa shape index (κ1) is 17.5. The van der Waals surface area contributed by atoms with E-state index in [1.165, 1.54) is 11.1 Å². The lowest BCUT2D eigenvalue weighted by molar-refractivity contribution is 0.0726. The Bertz CT molecular complexity index is 897. The minimum atomic E-state index is -0.0558. The van der Waals surface area contributed by atoms with Crippen LogP contribution in [0, 0.1) is 6.92 Å². The number of aromatic amines is 1. The third-order valence-corrected chi connectivity index (χ3v) is 5.01. The summed E-state index contributed by atoms with van der Waals surface area (Å²) in [7, 11) is 0. The normalized spacial score (nSPS) is 13.4. The number of aromatic nitrogens is 2. The molecular weight excluding hydrogens is 340 g/mol. The molecule has 0 spiro atoms. The Hall–Kier alpha value is -2.86. The van der Waals surface area contributed by atoms with E-state index in [9.17, 15) is 4.79 Å². The number of hydrogen-bond acceptors (Lipinski definition) is 4. The molecule has 1 aliphatic heterocycles. The smallest absolute Gasteiger partial charge is 0.275 e. The summed E-state index contributed by atoms with van der Waals surface area (Å²) in [5, 5.41) is 10.7. The van der Waals surface area contributed by atoms with Gasteiger partial charge < -0.3 is 14.6 Å². The molecule has 1 amide bonds. The number of aryl methyl sites for hydroxylation is 1. The molecule has 3 heterocycles. The third kappa shape index (κ3) is 3.95. The Morgan fingerprint density at radius 1 is 1.26 bits per heavy atom. The maximum absolute atomic E-state index is 13.3. The van der Waals surface area contributed by atoms with Crippen molar-refractivity contribution < 1.29 is 9.21 Å². The quantitative estimate of drug-likeness (QED) is 0.705. The highest BCUT2D eigenvalue weighted by molar-refractivity contribution is 5.94. The molecule has 0 fully saturated rings. The molecule has 3 aromatic rings. The molecule has 0 radical (unpaired) electrons. The fourth-order valence-electron chi connectivity index (χ4n) is 3.41. The van der Waals surface area contributed by atoms with Crippen molar-refractivity contribution in [1.82, 2.24) is 20.4 Å². The summed E-state index contributed by atoms with van der Waals surface area (Å²) < 4.78 is 5.48. The largest absolute Gasteiger partial charge is 0.467 e. The molecule has 6 nitrogen and oxygen atoms in total. The number of amides is 1. The summed E-state index contributed by atoms with van der Waals surface area (Å²) in [5.41, 5.74) is 5.02. The molecule has 0 unspecified atom stereocenters. The van der Waals surface area contributed by atoms with Gasteiger partial charge in [0.15, 0.2) is 5.69 Å². The van der Waals surface area contributed by atoms with Crippen LogP contribution in [-0.4, -0.2) is 34.1 Å². The predicted molar refractivity (Wildman–Crippen MR) is 102 cm³/mol. The zero-order chi connectivity index (χ0) is 18.6. The van der Waals surface area contributed by atoms with Crippen LogP contribution < -0.4 is 5.32 Å². The van der Waals surface area contributed by atoms with Gasteiger partial charge >= 0.3 is 0 Å². The van der Waals surface area contributed by atoms with Crippen LogP contribution in [0.2, 0.25) is 0 Å². The monoisotopic (exact) mass is 364 g/mol. The minimum Gasteiger partial charge on any atom is -0.467 e. The summed E-state index contributed by atoms with van der Waals surface area (Å²) in [4.78, 5) is 15.1. The molecule has 4 rings (SSSR count). The topological polar surface area (TPSA) is 74.2 Å². The van der Waals surface area contributed by atoms with Crippen LogP contribution in [-0.2, 0) is 25.9 Å². The van der Waals surface area contributed by atoms with Crippen LogP contribution in [0.4, 0.5) is 0 Å². The van der Waals surface area contributed by atoms with E-state index in [1.54, 1.807) is 6.26 Å². The molecule has 0 saturated heterocycles. The average molecular weight is 364 g/mol. The van der Waals surface area contributed by atoms with Crippen LogP contribution in [0.25, 0.3) is 0 Å². The maximum Gasteiger partial charge on any atom is 0.275 e. The van der Waals surface area contributed by atoms with E-state index in [0.29, 0.717) is 25.3 Å². The number of carbonyl (C=O) groups is 1. The van der Waals surface area contributed by atoms with Crippen molar-refractivity contribution >= 4 is 5.91 Å². The molecule has 1 aliphatic rings. The lowest BCUT2D eigenvalue weighted by Crippen LogP contribution is -2.34. The van der Waals surface area contributed by atoms with Crippen LogP contribution in [0.3, 0.4) is 0 Å². The van der Waals surface area contributed by atoms with Gasteiger partial charge in [-0.1, -0.05) is 29.8 Å². The third-order valence-electron chi connectivity index (χ3n) is 5.01. The zero-order valence-corrected chi connectivity index (χ0v) is 15.5.